The summed E-state index contributed by atoms with van der Waals surface area (Å²) in [6.45, 7) is 6.96. The van der Waals surface area contributed by atoms with E-state index in [1.807, 2.05) is 30.5 Å². The van der Waals surface area contributed by atoms with Crippen molar-refractivity contribution in [2.75, 3.05) is 18.0 Å². The number of aromatic nitrogens is 3. The molecule has 0 saturated heterocycles. The number of halogens is 1. The van der Waals surface area contributed by atoms with Crippen molar-refractivity contribution < 1.29 is 5.11 Å². The van der Waals surface area contributed by atoms with Crippen molar-refractivity contribution in [1.82, 2.24) is 14.6 Å². The second kappa shape index (κ2) is 6.11. The normalized spacial score (nSPS) is 12.0. The number of rotatable bonds is 5. The molecule has 3 aromatic rings. The van der Waals surface area contributed by atoms with Gasteiger partial charge >= 0.3 is 0 Å². The van der Waals surface area contributed by atoms with Gasteiger partial charge in [0.2, 0.25) is 10.1 Å². The zero-order valence-corrected chi connectivity index (χ0v) is 14.9. The molecule has 0 aliphatic rings. The summed E-state index contributed by atoms with van der Waals surface area (Å²) >= 11 is 7.44. The average Bonchev–Trinajstić information content (AvgIpc) is 3.03. The Bertz CT molecular complexity index is 772. The van der Waals surface area contributed by atoms with E-state index >= 15 is 0 Å². The van der Waals surface area contributed by atoms with Gasteiger partial charge in [-0.15, -0.1) is 5.10 Å². The van der Waals surface area contributed by atoms with Crippen LogP contribution in [0.4, 0.5) is 5.13 Å². The molecule has 0 atom stereocenters. The Balaban J connectivity index is 1.89. The predicted octanol–water partition coefficient (Wildman–Crippen LogP) is 3.71. The lowest BCUT2D eigenvalue weighted by Crippen LogP contribution is -2.38. The molecule has 0 fully saturated rings. The van der Waals surface area contributed by atoms with Gasteiger partial charge in [0, 0.05) is 23.7 Å². The van der Waals surface area contributed by atoms with Gasteiger partial charge in [0.15, 0.2) is 0 Å². The van der Waals surface area contributed by atoms with Crippen molar-refractivity contribution in [2.24, 2.45) is 0 Å². The number of fused-ring (bicyclic) bond motifs is 1. The highest BCUT2D eigenvalue weighted by atomic mass is 35.5. The minimum absolute atomic E-state index is 0.532. The first-order valence-corrected chi connectivity index (χ1v) is 8.64. The van der Waals surface area contributed by atoms with E-state index in [2.05, 4.69) is 21.9 Å². The molecule has 0 amide bonds. The number of nitrogens with zero attached hydrogens (tertiary/aromatic N) is 4. The van der Waals surface area contributed by atoms with E-state index in [1.54, 1.807) is 18.4 Å². The standard InChI is InChI=1S/C16H19ClN4OS/c1-4-20(10-16(2,3)22)15-19-21-9-13(18-14(21)23-15)11-5-7-12(17)8-6-11/h5-9,22H,4,10H2,1-3H3. The SMILES string of the molecule is CCN(CC(C)(C)O)c1nn2cc(-c3ccc(Cl)cc3)nc2s1. The topological polar surface area (TPSA) is 53.7 Å². The van der Waals surface area contributed by atoms with E-state index in [1.165, 1.54) is 11.3 Å². The van der Waals surface area contributed by atoms with Gasteiger partial charge in [0.25, 0.3) is 0 Å². The van der Waals surface area contributed by atoms with Crippen LogP contribution in [0.5, 0.6) is 0 Å². The van der Waals surface area contributed by atoms with E-state index in [-0.39, 0.29) is 0 Å². The van der Waals surface area contributed by atoms with Gasteiger partial charge in [-0.05, 0) is 32.9 Å². The highest BCUT2D eigenvalue weighted by Crippen LogP contribution is 2.28. The van der Waals surface area contributed by atoms with Gasteiger partial charge in [-0.2, -0.15) is 0 Å². The van der Waals surface area contributed by atoms with Gasteiger partial charge < -0.3 is 10.0 Å². The summed E-state index contributed by atoms with van der Waals surface area (Å²) in [5.74, 6) is 0. The third kappa shape index (κ3) is 3.65. The first-order chi connectivity index (χ1) is 10.9. The molecule has 1 aromatic carbocycles. The lowest BCUT2D eigenvalue weighted by atomic mass is 10.1. The molecule has 5 nitrogen and oxygen atoms in total. The van der Waals surface area contributed by atoms with Crippen molar-refractivity contribution in [2.45, 2.75) is 26.4 Å². The summed E-state index contributed by atoms with van der Waals surface area (Å²) < 4.78 is 1.79. The van der Waals surface area contributed by atoms with Crippen LogP contribution in [0, 0.1) is 0 Å². The smallest absolute Gasteiger partial charge is 0.214 e. The Hall–Kier alpha value is -1.63. The number of benzene rings is 1. The van der Waals surface area contributed by atoms with Gasteiger partial charge in [0.05, 0.1) is 17.5 Å². The Morgan fingerprint density at radius 2 is 2.00 bits per heavy atom. The lowest BCUT2D eigenvalue weighted by Gasteiger charge is -2.27. The second-order valence-corrected chi connectivity index (χ2v) is 7.44. The number of likely N-dealkylation sites (N-methyl/N-ethyl adjacent to an activating group) is 1. The Kier molecular flexibility index (Phi) is 4.31. The molecule has 0 aliphatic carbocycles. The van der Waals surface area contributed by atoms with Crippen molar-refractivity contribution in [3.63, 3.8) is 0 Å². The van der Waals surface area contributed by atoms with Crippen LogP contribution in [0.2, 0.25) is 5.02 Å². The first-order valence-electron chi connectivity index (χ1n) is 7.45. The molecule has 0 bridgehead atoms. The molecule has 0 saturated carbocycles. The highest BCUT2D eigenvalue weighted by molar-refractivity contribution is 7.20. The molecule has 0 aliphatic heterocycles. The van der Waals surface area contributed by atoms with Crippen LogP contribution in [0.15, 0.2) is 30.5 Å². The number of aliphatic hydroxyl groups is 1. The Morgan fingerprint density at radius 1 is 1.30 bits per heavy atom. The number of hydrogen-bond donors (Lipinski definition) is 1. The van der Waals surface area contributed by atoms with Crippen molar-refractivity contribution in [3.05, 3.63) is 35.5 Å². The van der Waals surface area contributed by atoms with E-state index in [0.717, 1.165) is 27.9 Å². The fraction of sp³-hybridized carbons (Fsp3) is 0.375. The fourth-order valence-electron chi connectivity index (χ4n) is 2.36. The molecule has 2 heterocycles. The van der Waals surface area contributed by atoms with E-state index in [0.29, 0.717) is 11.6 Å². The predicted molar refractivity (Wildman–Crippen MR) is 95.5 cm³/mol. The summed E-state index contributed by atoms with van der Waals surface area (Å²) in [5.41, 5.74) is 1.12. The Morgan fingerprint density at radius 3 is 2.57 bits per heavy atom. The summed E-state index contributed by atoms with van der Waals surface area (Å²) in [6, 6.07) is 7.60. The first kappa shape index (κ1) is 16.2. The zero-order chi connectivity index (χ0) is 16.6. The second-order valence-electron chi connectivity index (χ2n) is 6.07. The summed E-state index contributed by atoms with van der Waals surface area (Å²) in [5, 5.41) is 16.2. The quantitative estimate of drug-likeness (QED) is 0.762. The maximum atomic E-state index is 10.0. The molecule has 0 radical (unpaired) electrons. The number of imidazole rings is 1. The van der Waals surface area contributed by atoms with Crippen LogP contribution in [-0.2, 0) is 0 Å². The zero-order valence-electron chi connectivity index (χ0n) is 13.3. The third-order valence-electron chi connectivity index (χ3n) is 3.40. The molecule has 7 heteroatoms. The molecular weight excluding hydrogens is 332 g/mol. The maximum absolute atomic E-state index is 10.0. The largest absolute Gasteiger partial charge is 0.389 e. The van der Waals surface area contributed by atoms with E-state index < -0.39 is 5.60 Å². The molecule has 2 aromatic heterocycles. The summed E-state index contributed by atoms with van der Waals surface area (Å²) in [4.78, 5) is 7.52. The Labute approximate surface area is 144 Å². The van der Waals surface area contributed by atoms with E-state index in [4.69, 9.17) is 11.6 Å². The molecular formula is C16H19ClN4OS. The molecule has 122 valence electrons. The lowest BCUT2D eigenvalue weighted by molar-refractivity contribution is 0.0875. The molecule has 23 heavy (non-hydrogen) atoms. The average molecular weight is 351 g/mol. The van der Waals surface area contributed by atoms with Crippen LogP contribution in [0.1, 0.15) is 20.8 Å². The summed E-state index contributed by atoms with van der Waals surface area (Å²) in [7, 11) is 0. The maximum Gasteiger partial charge on any atom is 0.214 e. The van der Waals surface area contributed by atoms with Crippen LogP contribution in [0.3, 0.4) is 0 Å². The van der Waals surface area contributed by atoms with Gasteiger partial charge in [-0.25, -0.2) is 9.50 Å². The van der Waals surface area contributed by atoms with Crippen LogP contribution in [0.25, 0.3) is 16.2 Å². The molecule has 0 unspecified atom stereocenters. The minimum Gasteiger partial charge on any atom is -0.389 e. The fourth-order valence-corrected chi connectivity index (χ4v) is 3.43. The number of anilines is 1. The van der Waals surface area contributed by atoms with Gasteiger partial charge in [0.1, 0.15) is 0 Å². The molecule has 0 spiro atoms. The van der Waals surface area contributed by atoms with Crippen molar-refractivity contribution in [3.8, 4) is 11.3 Å². The van der Waals surface area contributed by atoms with Crippen LogP contribution >= 0.6 is 22.9 Å². The van der Waals surface area contributed by atoms with Crippen LogP contribution in [-0.4, -0.2) is 38.4 Å². The monoisotopic (exact) mass is 350 g/mol. The van der Waals surface area contributed by atoms with Crippen LogP contribution < -0.4 is 4.90 Å². The van der Waals surface area contributed by atoms with E-state index in [9.17, 15) is 5.11 Å². The van der Waals surface area contributed by atoms with Gasteiger partial charge in [-0.1, -0.05) is 35.1 Å². The highest BCUT2D eigenvalue weighted by Gasteiger charge is 2.21. The third-order valence-corrected chi connectivity index (χ3v) is 4.64. The van der Waals surface area contributed by atoms with Crippen molar-refractivity contribution in [1.29, 1.82) is 0 Å². The minimum atomic E-state index is -0.766. The van der Waals surface area contributed by atoms with Gasteiger partial charge in [-0.3, -0.25) is 0 Å². The molecule has 1 N–H and O–H groups in total. The summed E-state index contributed by atoms with van der Waals surface area (Å²) in [6.07, 6.45) is 1.91. The molecule has 3 rings (SSSR count). The number of hydrogen-bond acceptors (Lipinski definition) is 5. The van der Waals surface area contributed by atoms with Crippen molar-refractivity contribution >= 4 is 33.0 Å².